The number of anilines is 1. The quantitative estimate of drug-likeness (QED) is 0.445. The molecule has 2 unspecified atom stereocenters. The van der Waals surface area contributed by atoms with Gasteiger partial charge in [0, 0.05) is 18.7 Å². The molecule has 0 saturated carbocycles. The SMILES string of the molecule is C=CCOCC(O)CN1c2ccccc2CC1(C)S(=O)(=O)O. The van der Waals surface area contributed by atoms with E-state index in [1.165, 1.54) is 11.8 Å². The van der Waals surface area contributed by atoms with Crippen molar-refractivity contribution in [2.45, 2.75) is 24.3 Å². The van der Waals surface area contributed by atoms with Crippen molar-refractivity contribution < 1.29 is 22.8 Å². The van der Waals surface area contributed by atoms with Crippen LogP contribution in [0.3, 0.4) is 0 Å². The zero-order chi connectivity index (χ0) is 16.4. The van der Waals surface area contributed by atoms with Gasteiger partial charge in [-0.3, -0.25) is 4.55 Å². The van der Waals surface area contributed by atoms with Crippen molar-refractivity contribution in [2.75, 3.05) is 24.7 Å². The lowest BCUT2D eigenvalue weighted by atomic mass is 10.1. The minimum Gasteiger partial charge on any atom is -0.389 e. The van der Waals surface area contributed by atoms with Gasteiger partial charge in [0.05, 0.1) is 19.3 Å². The summed E-state index contributed by atoms with van der Waals surface area (Å²) >= 11 is 0. The molecule has 0 amide bonds. The number of β-amino-alcohol motifs (C(OH)–C–C–N with tert-alkyl or cyclic N) is 1. The first-order valence-electron chi connectivity index (χ1n) is 6.99. The normalized spacial score (nSPS) is 22.4. The van der Waals surface area contributed by atoms with Crippen molar-refractivity contribution in [3.63, 3.8) is 0 Å². The van der Waals surface area contributed by atoms with Gasteiger partial charge in [0.2, 0.25) is 0 Å². The summed E-state index contributed by atoms with van der Waals surface area (Å²) in [6.07, 6.45) is 0.856. The summed E-state index contributed by atoms with van der Waals surface area (Å²) in [4.78, 5) is 0.0374. The number of aliphatic hydroxyl groups excluding tert-OH is 1. The van der Waals surface area contributed by atoms with Crippen LogP contribution in [-0.2, 0) is 21.3 Å². The van der Waals surface area contributed by atoms with Crippen LogP contribution in [-0.4, -0.2) is 48.8 Å². The van der Waals surface area contributed by atoms with Crippen LogP contribution in [0.2, 0.25) is 0 Å². The van der Waals surface area contributed by atoms with Gasteiger partial charge >= 0.3 is 0 Å². The van der Waals surface area contributed by atoms with Crippen molar-refractivity contribution >= 4 is 15.8 Å². The smallest absolute Gasteiger partial charge is 0.289 e. The minimum absolute atomic E-state index is 0.0461. The molecule has 1 aromatic carbocycles. The van der Waals surface area contributed by atoms with E-state index in [0.717, 1.165) is 5.56 Å². The largest absolute Gasteiger partial charge is 0.389 e. The maximum absolute atomic E-state index is 11.9. The van der Waals surface area contributed by atoms with Gasteiger partial charge in [0.15, 0.2) is 4.87 Å². The lowest BCUT2D eigenvalue weighted by Gasteiger charge is -2.35. The number of hydrogen-bond donors (Lipinski definition) is 2. The van der Waals surface area contributed by atoms with Gasteiger partial charge in [-0.1, -0.05) is 24.3 Å². The van der Waals surface area contributed by atoms with Gasteiger partial charge < -0.3 is 14.7 Å². The average molecular weight is 327 g/mol. The third kappa shape index (κ3) is 3.17. The zero-order valence-electron chi connectivity index (χ0n) is 12.5. The summed E-state index contributed by atoms with van der Waals surface area (Å²) in [6, 6.07) is 7.21. The number of benzene rings is 1. The van der Waals surface area contributed by atoms with Crippen molar-refractivity contribution in [1.29, 1.82) is 0 Å². The Morgan fingerprint density at radius 1 is 1.50 bits per heavy atom. The van der Waals surface area contributed by atoms with Crippen molar-refractivity contribution in [3.8, 4) is 0 Å². The van der Waals surface area contributed by atoms with Crippen LogP contribution in [0.15, 0.2) is 36.9 Å². The highest BCUT2D eigenvalue weighted by Gasteiger charge is 2.49. The third-order valence-electron chi connectivity index (χ3n) is 3.87. The topological polar surface area (TPSA) is 87.1 Å². The van der Waals surface area contributed by atoms with Crippen LogP contribution < -0.4 is 4.90 Å². The number of nitrogens with zero attached hydrogens (tertiary/aromatic N) is 1. The summed E-state index contributed by atoms with van der Waals surface area (Å²) < 4.78 is 38.6. The van der Waals surface area contributed by atoms with Crippen LogP contribution in [0.25, 0.3) is 0 Å². The van der Waals surface area contributed by atoms with Gasteiger partial charge in [-0.2, -0.15) is 8.42 Å². The molecule has 7 heteroatoms. The average Bonchev–Trinajstić information content (AvgIpc) is 2.73. The van der Waals surface area contributed by atoms with E-state index in [0.29, 0.717) is 12.3 Å². The molecule has 0 spiro atoms. The van der Waals surface area contributed by atoms with Gasteiger partial charge in [-0.15, -0.1) is 6.58 Å². The van der Waals surface area contributed by atoms with Crippen LogP contribution in [0.5, 0.6) is 0 Å². The summed E-state index contributed by atoms with van der Waals surface area (Å²) in [5.74, 6) is 0. The Kier molecular flexibility index (Phi) is 4.91. The predicted molar refractivity (Wildman–Crippen MR) is 84.5 cm³/mol. The molecule has 0 fully saturated rings. The molecule has 1 aliphatic heterocycles. The second-order valence-corrected chi connectivity index (χ2v) is 7.38. The van der Waals surface area contributed by atoms with Crippen LogP contribution in [0.4, 0.5) is 5.69 Å². The van der Waals surface area contributed by atoms with E-state index in [1.807, 2.05) is 12.1 Å². The maximum atomic E-state index is 11.9. The van der Waals surface area contributed by atoms with E-state index in [1.54, 1.807) is 18.2 Å². The standard InChI is InChI=1S/C15H21NO5S/c1-3-8-21-11-13(17)10-16-14-7-5-4-6-12(14)9-15(16,2)22(18,19)20/h3-7,13,17H,1,8-11H2,2H3,(H,18,19,20). The van der Waals surface area contributed by atoms with Crippen LogP contribution in [0.1, 0.15) is 12.5 Å². The molecule has 2 N–H and O–H groups in total. The fourth-order valence-electron chi connectivity index (χ4n) is 2.70. The Balaban J connectivity index is 2.25. The fourth-order valence-corrected chi connectivity index (χ4v) is 3.49. The van der Waals surface area contributed by atoms with E-state index in [4.69, 9.17) is 4.74 Å². The number of para-hydroxylation sites is 1. The Bertz CT molecular complexity index is 645. The van der Waals surface area contributed by atoms with Crippen LogP contribution in [0, 0.1) is 0 Å². The number of aliphatic hydroxyl groups is 1. The molecule has 0 saturated heterocycles. The second-order valence-electron chi connectivity index (χ2n) is 5.55. The maximum Gasteiger partial charge on any atom is 0.289 e. The predicted octanol–water partition coefficient (Wildman–Crippen LogP) is 1.22. The fraction of sp³-hybridized carbons (Fsp3) is 0.467. The van der Waals surface area contributed by atoms with Gasteiger partial charge in [0.25, 0.3) is 10.1 Å². The molecule has 122 valence electrons. The molecule has 6 nitrogen and oxygen atoms in total. The summed E-state index contributed by atoms with van der Waals surface area (Å²) in [5.41, 5.74) is 1.52. The molecule has 22 heavy (non-hydrogen) atoms. The number of ether oxygens (including phenoxy) is 1. The molecule has 0 radical (unpaired) electrons. The molecular formula is C15H21NO5S. The van der Waals surface area contributed by atoms with Crippen molar-refractivity contribution in [1.82, 2.24) is 0 Å². The van der Waals surface area contributed by atoms with E-state index in [2.05, 4.69) is 6.58 Å². The van der Waals surface area contributed by atoms with Crippen molar-refractivity contribution in [3.05, 3.63) is 42.5 Å². The highest BCUT2D eigenvalue weighted by molar-refractivity contribution is 7.87. The van der Waals surface area contributed by atoms with Gasteiger partial charge in [-0.25, -0.2) is 0 Å². The van der Waals surface area contributed by atoms with E-state index in [-0.39, 0.29) is 19.6 Å². The molecule has 0 bridgehead atoms. The van der Waals surface area contributed by atoms with Crippen LogP contribution >= 0.6 is 0 Å². The zero-order valence-corrected chi connectivity index (χ0v) is 13.3. The molecule has 2 atom stereocenters. The monoisotopic (exact) mass is 327 g/mol. The first-order chi connectivity index (χ1) is 10.3. The number of hydrogen-bond acceptors (Lipinski definition) is 5. The Labute approximate surface area is 130 Å². The van der Waals surface area contributed by atoms with Gasteiger partial charge in [0.1, 0.15) is 0 Å². The summed E-state index contributed by atoms with van der Waals surface area (Å²) in [6.45, 7) is 5.39. The third-order valence-corrected chi connectivity index (χ3v) is 5.34. The Morgan fingerprint density at radius 3 is 2.82 bits per heavy atom. The highest BCUT2D eigenvalue weighted by atomic mass is 32.2. The minimum atomic E-state index is -4.33. The number of rotatable bonds is 7. The van der Waals surface area contributed by atoms with E-state index < -0.39 is 21.1 Å². The molecule has 1 heterocycles. The van der Waals surface area contributed by atoms with E-state index >= 15 is 0 Å². The first-order valence-corrected chi connectivity index (χ1v) is 8.43. The Morgan fingerprint density at radius 2 is 2.18 bits per heavy atom. The molecule has 1 aromatic rings. The van der Waals surface area contributed by atoms with Gasteiger partial charge in [-0.05, 0) is 18.6 Å². The van der Waals surface area contributed by atoms with E-state index in [9.17, 15) is 18.1 Å². The van der Waals surface area contributed by atoms with Crippen molar-refractivity contribution in [2.24, 2.45) is 0 Å². The second kappa shape index (κ2) is 6.37. The summed E-state index contributed by atoms with van der Waals surface area (Å²) in [7, 11) is -4.33. The molecule has 0 aromatic heterocycles. The highest BCUT2D eigenvalue weighted by Crippen LogP contribution is 2.41. The molecule has 1 aliphatic rings. The first kappa shape index (κ1) is 17.0. The molecule has 2 rings (SSSR count). The summed E-state index contributed by atoms with van der Waals surface area (Å²) in [5, 5.41) is 10.1. The number of fused-ring (bicyclic) bond motifs is 1. The molecule has 0 aliphatic carbocycles. The Hall–Kier alpha value is -1.41. The lowest BCUT2D eigenvalue weighted by molar-refractivity contribution is 0.0520. The lowest BCUT2D eigenvalue weighted by Crippen LogP contribution is -2.53. The molecular weight excluding hydrogens is 306 g/mol.